The van der Waals surface area contributed by atoms with Crippen molar-refractivity contribution < 1.29 is 4.39 Å². The molecule has 0 fully saturated rings. The summed E-state index contributed by atoms with van der Waals surface area (Å²) in [5.41, 5.74) is 4.28. The molecule has 0 radical (unpaired) electrons. The lowest BCUT2D eigenvalue weighted by Crippen LogP contribution is -2.29. The molecule has 1 aliphatic rings. The van der Waals surface area contributed by atoms with Crippen LogP contribution in [0.1, 0.15) is 29.3 Å². The van der Waals surface area contributed by atoms with Gasteiger partial charge in [0, 0.05) is 48.5 Å². The minimum absolute atomic E-state index is 0.329. The van der Waals surface area contributed by atoms with Crippen molar-refractivity contribution in [3.05, 3.63) is 65.1 Å². The average molecular weight is 337 g/mol. The number of likely N-dealkylation sites (N-methyl/N-ethyl adjacent to an activating group) is 1. The van der Waals surface area contributed by atoms with E-state index in [1.807, 2.05) is 0 Å². The van der Waals surface area contributed by atoms with Gasteiger partial charge in [-0.05, 0) is 56.3 Å². The van der Waals surface area contributed by atoms with E-state index in [-0.39, 0.29) is 0 Å². The molecule has 2 aromatic heterocycles. The summed E-state index contributed by atoms with van der Waals surface area (Å²) in [7, 11) is 2.15. The van der Waals surface area contributed by atoms with E-state index in [2.05, 4.69) is 46.6 Å². The van der Waals surface area contributed by atoms with Gasteiger partial charge in [0.15, 0.2) is 5.67 Å². The summed E-state index contributed by atoms with van der Waals surface area (Å²) >= 11 is 0. The molecule has 0 bridgehead atoms. The fourth-order valence-corrected chi connectivity index (χ4v) is 3.97. The number of halogens is 1. The minimum atomic E-state index is -1.43. The Hall–Kier alpha value is -2.20. The van der Waals surface area contributed by atoms with E-state index in [0.29, 0.717) is 12.1 Å². The topological polar surface area (TPSA) is 21.1 Å². The number of nitrogens with zero attached hydrogens (tertiary/aromatic N) is 3. The fraction of sp³-hybridized carbons (Fsp3) is 0.381. The predicted octanol–water partition coefficient (Wildman–Crippen LogP) is 4.22. The molecule has 0 N–H and O–H groups in total. The number of hydrogen-bond donors (Lipinski definition) is 0. The van der Waals surface area contributed by atoms with E-state index in [4.69, 9.17) is 0 Å². The predicted molar refractivity (Wildman–Crippen MR) is 99.4 cm³/mol. The lowest BCUT2D eigenvalue weighted by Gasteiger charge is -2.27. The van der Waals surface area contributed by atoms with Crippen molar-refractivity contribution in [3.8, 4) is 0 Å². The molecule has 1 aromatic carbocycles. The molecule has 1 atom stereocenters. The molecule has 1 aliphatic heterocycles. The van der Waals surface area contributed by atoms with Gasteiger partial charge in [-0.3, -0.25) is 4.98 Å². The average Bonchev–Trinajstić information content (AvgIpc) is 2.88. The molecular weight excluding hydrogens is 313 g/mol. The second kappa shape index (κ2) is 5.95. The summed E-state index contributed by atoms with van der Waals surface area (Å²) in [6, 6.07) is 10.1. The zero-order valence-corrected chi connectivity index (χ0v) is 15.1. The Morgan fingerprint density at radius 1 is 1.20 bits per heavy atom. The highest BCUT2D eigenvalue weighted by Gasteiger charge is 2.30. The third kappa shape index (κ3) is 2.85. The first-order valence-corrected chi connectivity index (χ1v) is 8.84. The summed E-state index contributed by atoms with van der Waals surface area (Å²) in [6.07, 6.45) is 4.29. The number of hydrogen-bond acceptors (Lipinski definition) is 2. The first-order valence-electron chi connectivity index (χ1n) is 8.84. The summed E-state index contributed by atoms with van der Waals surface area (Å²) in [5, 5.41) is 1.27. The molecule has 3 heterocycles. The molecule has 1 unspecified atom stereocenters. The van der Waals surface area contributed by atoms with Gasteiger partial charge in [-0.2, -0.15) is 0 Å². The van der Waals surface area contributed by atoms with Gasteiger partial charge < -0.3 is 9.47 Å². The first-order chi connectivity index (χ1) is 12.0. The largest absolute Gasteiger partial charge is 0.341 e. The van der Waals surface area contributed by atoms with Crippen molar-refractivity contribution in [2.75, 3.05) is 13.6 Å². The number of alkyl halides is 1. The van der Waals surface area contributed by atoms with Crippen LogP contribution in [0.2, 0.25) is 0 Å². The second-order valence-electron chi connectivity index (χ2n) is 7.45. The van der Waals surface area contributed by atoms with Gasteiger partial charge in [-0.25, -0.2) is 4.39 Å². The maximum absolute atomic E-state index is 15.6. The van der Waals surface area contributed by atoms with E-state index in [1.54, 1.807) is 31.5 Å². The molecule has 4 heteroatoms. The molecule has 0 saturated heterocycles. The van der Waals surface area contributed by atoms with Gasteiger partial charge in [0.2, 0.25) is 0 Å². The van der Waals surface area contributed by atoms with E-state index in [9.17, 15) is 0 Å². The number of pyridine rings is 1. The van der Waals surface area contributed by atoms with Crippen LogP contribution in [0.5, 0.6) is 0 Å². The molecule has 0 amide bonds. The van der Waals surface area contributed by atoms with Crippen LogP contribution < -0.4 is 0 Å². The zero-order valence-electron chi connectivity index (χ0n) is 15.1. The zero-order chi connectivity index (χ0) is 17.6. The van der Waals surface area contributed by atoms with Crippen LogP contribution in [0.3, 0.4) is 0 Å². The number of fused-ring (bicyclic) bond motifs is 3. The fourth-order valence-electron chi connectivity index (χ4n) is 3.97. The summed E-state index contributed by atoms with van der Waals surface area (Å²) in [6.45, 7) is 6.06. The van der Waals surface area contributed by atoms with Crippen molar-refractivity contribution in [1.29, 1.82) is 0 Å². The van der Waals surface area contributed by atoms with Gasteiger partial charge >= 0.3 is 0 Å². The Morgan fingerprint density at radius 3 is 2.72 bits per heavy atom. The normalized spacial score (nSPS) is 17.4. The van der Waals surface area contributed by atoms with Gasteiger partial charge in [0.05, 0.1) is 6.54 Å². The first kappa shape index (κ1) is 16.3. The Morgan fingerprint density at radius 2 is 1.96 bits per heavy atom. The van der Waals surface area contributed by atoms with Crippen LogP contribution in [0.25, 0.3) is 10.9 Å². The summed E-state index contributed by atoms with van der Waals surface area (Å²) in [4.78, 5) is 6.35. The third-order valence-corrected chi connectivity index (χ3v) is 5.34. The monoisotopic (exact) mass is 337 g/mol. The molecule has 0 spiro atoms. The second-order valence-corrected chi connectivity index (χ2v) is 7.45. The van der Waals surface area contributed by atoms with Crippen molar-refractivity contribution in [2.24, 2.45) is 0 Å². The molecule has 3 nitrogen and oxygen atoms in total. The highest BCUT2D eigenvalue weighted by Crippen LogP contribution is 2.35. The van der Waals surface area contributed by atoms with Gasteiger partial charge in [0.1, 0.15) is 0 Å². The summed E-state index contributed by atoms with van der Waals surface area (Å²) in [5.74, 6) is 0. The third-order valence-electron chi connectivity index (χ3n) is 5.34. The minimum Gasteiger partial charge on any atom is -0.341 e. The highest BCUT2D eigenvalue weighted by molar-refractivity contribution is 5.86. The maximum atomic E-state index is 15.6. The number of aromatic nitrogens is 2. The van der Waals surface area contributed by atoms with Gasteiger partial charge in [-0.1, -0.05) is 11.6 Å². The van der Waals surface area contributed by atoms with Crippen molar-refractivity contribution in [3.63, 3.8) is 0 Å². The highest BCUT2D eigenvalue weighted by atomic mass is 19.1. The van der Waals surface area contributed by atoms with E-state index < -0.39 is 5.67 Å². The molecule has 25 heavy (non-hydrogen) atoms. The number of benzene rings is 1. The van der Waals surface area contributed by atoms with Crippen LogP contribution in [0, 0.1) is 6.92 Å². The van der Waals surface area contributed by atoms with Crippen LogP contribution in [0.15, 0.2) is 42.7 Å². The maximum Gasteiger partial charge on any atom is 0.151 e. The van der Waals surface area contributed by atoms with Crippen LogP contribution in [0.4, 0.5) is 4.39 Å². The summed E-state index contributed by atoms with van der Waals surface area (Å²) < 4.78 is 17.8. The van der Waals surface area contributed by atoms with Crippen molar-refractivity contribution in [1.82, 2.24) is 14.5 Å². The Labute approximate surface area is 148 Å². The number of rotatable bonds is 3. The Kier molecular flexibility index (Phi) is 3.88. The molecule has 0 aliphatic carbocycles. The van der Waals surface area contributed by atoms with E-state index >= 15 is 4.39 Å². The lowest BCUT2D eigenvalue weighted by molar-refractivity contribution is 0.161. The quantitative estimate of drug-likeness (QED) is 0.713. The lowest BCUT2D eigenvalue weighted by atomic mass is 9.98. The van der Waals surface area contributed by atoms with Crippen LogP contribution in [-0.4, -0.2) is 28.0 Å². The van der Waals surface area contributed by atoms with Crippen molar-refractivity contribution in [2.45, 2.75) is 39.0 Å². The van der Waals surface area contributed by atoms with E-state index in [1.165, 1.54) is 22.2 Å². The molecule has 130 valence electrons. The van der Waals surface area contributed by atoms with Crippen molar-refractivity contribution >= 4 is 10.9 Å². The number of aryl methyl sites for hydroxylation is 1. The Balaban J connectivity index is 1.85. The standard InChI is InChI=1S/C21H24FN3/c1-15-4-5-19-17(12-15)18-13-24(3)11-8-20(18)25(19)14-21(2,22)16-6-9-23-10-7-16/h4-7,9-10,12H,8,11,13-14H2,1-3H3. The SMILES string of the molecule is Cc1ccc2c(c1)c1c(n2CC(C)(F)c2ccncc2)CCN(C)C1. The van der Waals surface area contributed by atoms with Crippen LogP contribution >= 0.6 is 0 Å². The van der Waals surface area contributed by atoms with Gasteiger partial charge in [-0.15, -0.1) is 0 Å². The van der Waals surface area contributed by atoms with E-state index in [0.717, 1.165) is 25.0 Å². The molecule has 4 rings (SSSR count). The van der Waals surface area contributed by atoms with Crippen LogP contribution in [-0.2, 0) is 25.2 Å². The Bertz CT molecular complexity index is 912. The molecule has 3 aromatic rings. The smallest absolute Gasteiger partial charge is 0.151 e. The molecule has 0 saturated carbocycles. The van der Waals surface area contributed by atoms with Gasteiger partial charge in [0.25, 0.3) is 0 Å². The molecular formula is C21H24FN3.